The Balaban J connectivity index is 2.35. The maximum Gasteiger partial charge on any atom is 0.166 e. The van der Waals surface area contributed by atoms with Gasteiger partial charge in [0.1, 0.15) is 12.1 Å². The van der Waals surface area contributed by atoms with Gasteiger partial charge in [-0.3, -0.25) is 0 Å². The van der Waals surface area contributed by atoms with E-state index in [4.69, 9.17) is 4.74 Å². The first-order valence-electron chi connectivity index (χ1n) is 5.04. The lowest BCUT2D eigenvalue weighted by Crippen LogP contribution is -2.05. The van der Waals surface area contributed by atoms with Gasteiger partial charge < -0.3 is 9.30 Å². The lowest BCUT2D eigenvalue weighted by molar-refractivity contribution is 0.187. The molecule has 4 nitrogen and oxygen atoms in total. The van der Waals surface area contributed by atoms with Crippen LogP contribution in [0.25, 0.3) is 11.4 Å². The number of nitrogens with zero attached hydrogens (tertiary/aromatic N) is 3. The molecule has 0 fully saturated rings. The van der Waals surface area contributed by atoms with Crippen molar-refractivity contribution in [3.63, 3.8) is 0 Å². The van der Waals surface area contributed by atoms with Crippen molar-refractivity contribution in [2.75, 3.05) is 13.7 Å². The minimum Gasteiger partial charge on any atom is -0.383 e. The van der Waals surface area contributed by atoms with Gasteiger partial charge >= 0.3 is 0 Å². The van der Waals surface area contributed by atoms with Crippen molar-refractivity contribution in [2.45, 2.75) is 6.54 Å². The number of hydrogen-bond donors (Lipinski definition) is 0. The Bertz CT molecular complexity index is 515. The Kier molecular flexibility index (Phi) is 3.86. The summed E-state index contributed by atoms with van der Waals surface area (Å²) in [5, 5.41) is 7.73. The third-order valence-electron chi connectivity index (χ3n) is 2.32. The van der Waals surface area contributed by atoms with Crippen molar-refractivity contribution < 1.29 is 9.13 Å². The second-order valence-corrected chi connectivity index (χ2v) is 4.38. The van der Waals surface area contributed by atoms with Gasteiger partial charge in [0.2, 0.25) is 0 Å². The van der Waals surface area contributed by atoms with E-state index in [1.165, 1.54) is 6.07 Å². The Morgan fingerprint density at radius 2 is 2.29 bits per heavy atom. The van der Waals surface area contributed by atoms with E-state index in [9.17, 15) is 4.39 Å². The summed E-state index contributed by atoms with van der Waals surface area (Å²) in [6, 6.07) is 4.85. The summed E-state index contributed by atoms with van der Waals surface area (Å²) in [5.74, 6) is 0.179. The predicted octanol–water partition coefficient (Wildman–Crippen LogP) is 2.49. The van der Waals surface area contributed by atoms with Crippen molar-refractivity contribution in [2.24, 2.45) is 0 Å². The van der Waals surface area contributed by atoms with E-state index >= 15 is 0 Å². The van der Waals surface area contributed by atoms with Crippen LogP contribution in [0.4, 0.5) is 4.39 Å². The second kappa shape index (κ2) is 5.37. The van der Waals surface area contributed by atoms with Crippen molar-refractivity contribution in [1.29, 1.82) is 0 Å². The molecule has 0 radical (unpaired) electrons. The van der Waals surface area contributed by atoms with Crippen LogP contribution in [-0.2, 0) is 11.3 Å². The van der Waals surface area contributed by atoms with Crippen LogP contribution in [0.1, 0.15) is 0 Å². The molecule has 0 saturated carbocycles. The van der Waals surface area contributed by atoms with Crippen molar-refractivity contribution >= 4 is 15.9 Å². The first-order chi connectivity index (χ1) is 8.22. The third kappa shape index (κ3) is 2.70. The van der Waals surface area contributed by atoms with Gasteiger partial charge in [0.25, 0.3) is 0 Å². The van der Waals surface area contributed by atoms with Crippen molar-refractivity contribution in [1.82, 2.24) is 14.8 Å². The molecule has 0 spiro atoms. The normalized spacial score (nSPS) is 10.8. The van der Waals surface area contributed by atoms with E-state index in [2.05, 4.69) is 26.1 Å². The number of aromatic nitrogens is 3. The standard InChI is InChI=1S/C11H11BrFN3O/c1-17-5-4-16-7-14-15-11(16)9-3-2-8(12)6-10(9)13/h2-3,6-7H,4-5H2,1H3. The zero-order chi connectivity index (χ0) is 12.3. The molecule has 0 amide bonds. The SMILES string of the molecule is COCCn1cnnc1-c1ccc(Br)cc1F. The predicted molar refractivity (Wildman–Crippen MR) is 65.0 cm³/mol. The monoisotopic (exact) mass is 299 g/mol. The fourth-order valence-corrected chi connectivity index (χ4v) is 1.82. The molecule has 6 heteroatoms. The minimum atomic E-state index is -0.328. The topological polar surface area (TPSA) is 39.9 Å². The summed E-state index contributed by atoms with van der Waals surface area (Å²) in [6.07, 6.45) is 1.57. The molecule has 0 unspecified atom stereocenters. The summed E-state index contributed by atoms with van der Waals surface area (Å²) in [4.78, 5) is 0. The Morgan fingerprint density at radius 3 is 3.00 bits per heavy atom. The molecule has 2 aromatic rings. The maximum atomic E-state index is 13.8. The van der Waals surface area contributed by atoms with Gasteiger partial charge in [-0.05, 0) is 18.2 Å². The molecule has 0 bridgehead atoms. The van der Waals surface area contributed by atoms with Gasteiger partial charge in [0, 0.05) is 18.1 Å². The number of rotatable bonds is 4. The fraction of sp³-hybridized carbons (Fsp3) is 0.273. The Hall–Kier alpha value is -1.27. The molecule has 0 atom stereocenters. The zero-order valence-corrected chi connectivity index (χ0v) is 10.8. The molecule has 0 N–H and O–H groups in total. The average Bonchev–Trinajstić information content (AvgIpc) is 2.74. The summed E-state index contributed by atoms with van der Waals surface area (Å²) >= 11 is 3.22. The average molecular weight is 300 g/mol. The number of benzene rings is 1. The molecule has 0 saturated heterocycles. The van der Waals surface area contributed by atoms with E-state index in [1.807, 2.05) is 0 Å². The highest BCUT2D eigenvalue weighted by atomic mass is 79.9. The van der Waals surface area contributed by atoms with E-state index in [0.29, 0.717) is 29.0 Å². The summed E-state index contributed by atoms with van der Waals surface area (Å²) in [6.45, 7) is 1.12. The molecule has 1 aromatic heterocycles. The molecular weight excluding hydrogens is 289 g/mol. The van der Waals surface area contributed by atoms with Gasteiger partial charge in [-0.25, -0.2) is 4.39 Å². The van der Waals surface area contributed by atoms with Gasteiger partial charge in [-0.1, -0.05) is 15.9 Å². The van der Waals surface area contributed by atoms with E-state index in [-0.39, 0.29) is 5.82 Å². The van der Waals surface area contributed by atoms with Crippen LogP contribution in [-0.4, -0.2) is 28.5 Å². The number of methoxy groups -OCH3 is 1. The highest BCUT2D eigenvalue weighted by Crippen LogP contribution is 2.23. The molecule has 0 aliphatic rings. The first kappa shape index (κ1) is 12.2. The highest BCUT2D eigenvalue weighted by molar-refractivity contribution is 9.10. The number of hydrogen-bond acceptors (Lipinski definition) is 3. The van der Waals surface area contributed by atoms with Gasteiger partial charge in [0.05, 0.1) is 12.2 Å². The second-order valence-electron chi connectivity index (χ2n) is 3.46. The quantitative estimate of drug-likeness (QED) is 0.871. The molecule has 0 aliphatic heterocycles. The Labute approximate surface area is 107 Å². The van der Waals surface area contributed by atoms with E-state index in [0.717, 1.165) is 0 Å². The molecule has 17 heavy (non-hydrogen) atoms. The molecule has 90 valence electrons. The van der Waals surface area contributed by atoms with Crippen LogP contribution in [0.15, 0.2) is 29.0 Å². The smallest absolute Gasteiger partial charge is 0.166 e. The van der Waals surface area contributed by atoms with Gasteiger partial charge in [-0.15, -0.1) is 10.2 Å². The van der Waals surface area contributed by atoms with Crippen LogP contribution in [0.5, 0.6) is 0 Å². The van der Waals surface area contributed by atoms with Crippen LogP contribution >= 0.6 is 15.9 Å². The first-order valence-corrected chi connectivity index (χ1v) is 5.84. The van der Waals surface area contributed by atoms with Crippen molar-refractivity contribution in [3.8, 4) is 11.4 Å². The minimum absolute atomic E-state index is 0.328. The Morgan fingerprint density at radius 1 is 1.47 bits per heavy atom. The third-order valence-corrected chi connectivity index (χ3v) is 2.82. The molecule has 0 aliphatic carbocycles. The van der Waals surface area contributed by atoms with Crippen LogP contribution in [0.2, 0.25) is 0 Å². The molecule has 1 heterocycles. The molecule has 2 rings (SSSR count). The van der Waals surface area contributed by atoms with Gasteiger partial charge in [0.15, 0.2) is 5.82 Å². The molecule has 1 aromatic carbocycles. The highest BCUT2D eigenvalue weighted by Gasteiger charge is 2.12. The van der Waals surface area contributed by atoms with E-state index < -0.39 is 0 Å². The largest absolute Gasteiger partial charge is 0.383 e. The number of ether oxygens (including phenoxy) is 1. The zero-order valence-electron chi connectivity index (χ0n) is 9.23. The summed E-state index contributed by atoms with van der Waals surface area (Å²) in [5.41, 5.74) is 0.432. The maximum absolute atomic E-state index is 13.8. The number of halogens is 2. The summed E-state index contributed by atoms with van der Waals surface area (Å²) < 4.78 is 21.2. The van der Waals surface area contributed by atoms with Crippen LogP contribution in [0, 0.1) is 5.82 Å². The van der Waals surface area contributed by atoms with Crippen LogP contribution < -0.4 is 0 Å². The fourth-order valence-electron chi connectivity index (χ4n) is 1.49. The van der Waals surface area contributed by atoms with Crippen molar-refractivity contribution in [3.05, 3.63) is 34.8 Å². The lowest BCUT2D eigenvalue weighted by Gasteiger charge is -2.06. The summed E-state index contributed by atoms with van der Waals surface area (Å²) in [7, 11) is 1.62. The van der Waals surface area contributed by atoms with Gasteiger partial charge in [-0.2, -0.15) is 0 Å². The molecular formula is C11H11BrFN3O. The lowest BCUT2D eigenvalue weighted by atomic mass is 10.2. The van der Waals surface area contributed by atoms with Crippen LogP contribution in [0.3, 0.4) is 0 Å². The van der Waals surface area contributed by atoms with E-state index in [1.54, 1.807) is 30.1 Å².